The van der Waals surface area contributed by atoms with Gasteiger partial charge in [-0.25, -0.2) is 0 Å². The molecule has 124 valence electrons. The number of hydrogen-bond acceptors (Lipinski definition) is 4. The molecule has 0 bridgehead atoms. The van der Waals surface area contributed by atoms with Crippen molar-refractivity contribution in [1.82, 2.24) is 0 Å². The van der Waals surface area contributed by atoms with Crippen molar-refractivity contribution in [3.05, 3.63) is 57.6 Å². The summed E-state index contributed by atoms with van der Waals surface area (Å²) < 4.78 is 11.1. The summed E-state index contributed by atoms with van der Waals surface area (Å²) in [5.74, 6) is 0.396. The van der Waals surface area contributed by atoms with E-state index in [1.54, 1.807) is 24.3 Å². The van der Waals surface area contributed by atoms with Crippen LogP contribution >= 0.6 is 31.9 Å². The van der Waals surface area contributed by atoms with E-state index in [0.717, 1.165) is 11.1 Å². The summed E-state index contributed by atoms with van der Waals surface area (Å²) >= 11 is 6.89. The van der Waals surface area contributed by atoms with E-state index < -0.39 is 0 Å². The molecule has 0 fully saturated rings. The van der Waals surface area contributed by atoms with Crippen LogP contribution in [0, 0.1) is 0 Å². The molecule has 6 heteroatoms. The van der Waals surface area contributed by atoms with Gasteiger partial charge in [-0.3, -0.25) is 9.59 Å². The number of hydrogen-bond donors (Lipinski definition) is 0. The minimum absolute atomic E-state index is 0.223. The Labute approximate surface area is 156 Å². The molecule has 0 aromatic heterocycles. The zero-order chi connectivity index (χ0) is 17.4. The van der Waals surface area contributed by atoms with E-state index in [4.69, 9.17) is 9.47 Å². The lowest BCUT2D eigenvalue weighted by molar-refractivity contribution is 0.0973. The number of alkyl halides is 2. The number of rotatable bonds is 4. The molecule has 0 saturated heterocycles. The molecule has 0 N–H and O–H groups in total. The largest absolute Gasteiger partial charge is 0.496 e. The zero-order valence-electron chi connectivity index (χ0n) is 13.1. The first-order valence-corrected chi connectivity index (χ1v) is 9.44. The van der Waals surface area contributed by atoms with Crippen LogP contribution in [0.3, 0.4) is 0 Å². The SMILES string of the molecule is COc1c(CBr)c(CBr)c(OC)c2c1C(=O)c1ccccc1C2=O. The van der Waals surface area contributed by atoms with E-state index in [0.29, 0.717) is 33.3 Å². The number of ketones is 2. The molecule has 2 aromatic rings. The summed E-state index contributed by atoms with van der Waals surface area (Å²) in [5, 5.41) is 0.952. The van der Waals surface area contributed by atoms with Crippen molar-refractivity contribution in [1.29, 1.82) is 0 Å². The number of benzene rings is 2. The van der Waals surface area contributed by atoms with Crippen LogP contribution in [0.15, 0.2) is 24.3 Å². The summed E-state index contributed by atoms with van der Waals surface area (Å²) in [6.07, 6.45) is 0. The number of carbonyl (C=O) groups is 2. The van der Waals surface area contributed by atoms with Crippen LogP contribution < -0.4 is 9.47 Å². The Morgan fingerprint density at radius 2 is 1.17 bits per heavy atom. The fraction of sp³-hybridized carbons (Fsp3) is 0.222. The van der Waals surface area contributed by atoms with Crippen molar-refractivity contribution < 1.29 is 19.1 Å². The second kappa shape index (κ2) is 6.69. The fourth-order valence-corrected chi connectivity index (χ4v) is 4.30. The highest BCUT2D eigenvalue weighted by Gasteiger charge is 2.38. The molecule has 4 nitrogen and oxygen atoms in total. The standard InChI is InChI=1S/C18H14Br2O4/c1-23-17-11(7-19)12(8-20)18(24-2)14-13(17)15(21)9-5-3-4-6-10(9)16(14)22/h3-6H,7-8H2,1-2H3. The van der Waals surface area contributed by atoms with Crippen molar-refractivity contribution in [2.45, 2.75) is 10.7 Å². The third kappa shape index (κ3) is 2.31. The van der Waals surface area contributed by atoms with Crippen LogP contribution in [-0.2, 0) is 10.7 Å². The molecule has 0 atom stereocenters. The molecule has 0 radical (unpaired) electrons. The number of ether oxygens (including phenoxy) is 2. The van der Waals surface area contributed by atoms with Crippen LogP contribution in [0.25, 0.3) is 0 Å². The number of methoxy groups -OCH3 is 2. The van der Waals surface area contributed by atoms with Gasteiger partial charge in [0.15, 0.2) is 11.6 Å². The summed E-state index contributed by atoms with van der Waals surface area (Å²) in [5.41, 5.74) is 2.93. The Balaban J connectivity index is 2.47. The number of halogens is 2. The van der Waals surface area contributed by atoms with Gasteiger partial charge in [-0.2, -0.15) is 0 Å². The minimum Gasteiger partial charge on any atom is -0.496 e. The topological polar surface area (TPSA) is 52.6 Å². The quantitative estimate of drug-likeness (QED) is 0.553. The molecule has 0 saturated carbocycles. The van der Waals surface area contributed by atoms with Gasteiger partial charge >= 0.3 is 0 Å². The van der Waals surface area contributed by atoms with E-state index in [9.17, 15) is 9.59 Å². The maximum Gasteiger partial charge on any atom is 0.198 e. The average molecular weight is 454 g/mol. The lowest BCUT2D eigenvalue weighted by Gasteiger charge is -2.25. The first-order valence-electron chi connectivity index (χ1n) is 7.20. The number of carbonyl (C=O) groups excluding carboxylic acids is 2. The van der Waals surface area contributed by atoms with Crippen molar-refractivity contribution in [3.63, 3.8) is 0 Å². The van der Waals surface area contributed by atoms with Gasteiger partial charge in [-0.1, -0.05) is 56.1 Å². The maximum absolute atomic E-state index is 13.1. The smallest absolute Gasteiger partial charge is 0.198 e. The van der Waals surface area contributed by atoms with E-state index in [1.165, 1.54) is 14.2 Å². The zero-order valence-corrected chi connectivity index (χ0v) is 16.3. The second-order valence-corrected chi connectivity index (χ2v) is 6.37. The second-order valence-electron chi connectivity index (χ2n) is 5.24. The monoisotopic (exact) mass is 452 g/mol. The predicted molar refractivity (Wildman–Crippen MR) is 98.1 cm³/mol. The van der Waals surface area contributed by atoms with E-state index >= 15 is 0 Å². The van der Waals surface area contributed by atoms with Gasteiger partial charge in [-0.05, 0) is 0 Å². The Morgan fingerprint density at radius 1 is 0.792 bits per heavy atom. The molecular formula is C18H14Br2O4. The molecule has 0 amide bonds. The lowest BCUT2D eigenvalue weighted by Crippen LogP contribution is -2.24. The average Bonchev–Trinajstić information content (AvgIpc) is 2.63. The highest BCUT2D eigenvalue weighted by molar-refractivity contribution is 9.09. The normalized spacial score (nSPS) is 12.7. The number of fused-ring (bicyclic) bond motifs is 2. The fourth-order valence-electron chi connectivity index (χ4n) is 3.12. The van der Waals surface area contributed by atoms with E-state index in [2.05, 4.69) is 31.9 Å². The molecule has 1 aliphatic rings. The third-order valence-corrected chi connectivity index (χ3v) is 5.28. The van der Waals surface area contributed by atoms with Crippen LogP contribution in [0.5, 0.6) is 11.5 Å². The van der Waals surface area contributed by atoms with Crippen molar-refractivity contribution in [2.75, 3.05) is 14.2 Å². The lowest BCUT2D eigenvalue weighted by atomic mass is 9.81. The van der Waals surface area contributed by atoms with Crippen molar-refractivity contribution in [3.8, 4) is 11.5 Å². The molecular weight excluding hydrogens is 440 g/mol. The van der Waals surface area contributed by atoms with Crippen LogP contribution in [0.4, 0.5) is 0 Å². The minimum atomic E-state index is -0.223. The van der Waals surface area contributed by atoms with Gasteiger partial charge in [0.25, 0.3) is 0 Å². The maximum atomic E-state index is 13.1. The van der Waals surface area contributed by atoms with Gasteiger partial charge in [0.2, 0.25) is 0 Å². The molecule has 24 heavy (non-hydrogen) atoms. The Morgan fingerprint density at radius 3 is 1.46 bits per heavy atom. The molecule has 0 heterocycles. The first-order chi connectivity index (χ1) is 11.6. The Kier molecular flexibility index (Phi) is 4.78. The third-order valence-electron chi connectivity index (χ3n) is 4.16. The molecule has 0 aliphatic heterocycles. The first kappa shape index (κ1) is 17.2. The van der Waals surface area contributed by atoms with Gasteiger partial charge in [0, 0.05) is 32.9 Å². The summed E-state index contributed by atoms with van der Waals surface area (Å²) in [6.45, 7) is 0. The summed E-state index contributed by atoms with van der Waals surface area (Å²) in [7, 11) is 3.01. The van der Waals surface area contributed by atoms with Gasteiger partial charge in [0.05, 0.1) is 25.3 Å². The van der Waals surface area contributed by atoms with E-state index in [-0.39, 0.29) is 22.7 Å². The van der Waals surface area contributed by atoms with Crippen LogP contribution in [0.2, 0.25) is 0 Å². The molecule has 2 aromatic carbocycles. The Hall–Kier alpha value is -1.66. The predicted octanol–water partition coefficient (Wildman–Crippen LogP) is 4.27. The molecule has 0 unspecified atom stereocenters. The van der Waals surface area contributed by atoms with Crippen LogP contribution in [0.1, 0.15) is 43.0 Å². The highest BCUT2D eigenvalue weighted by atomic mass is 79.9. The highest BCUT2D eigenvalue weighted by Crippen LogP contribution is 2.45. The molecule has 3 rings (SSSR count). The van der Waals surface area contributed by atoms with E-state index in [1.807, 2.05) is 0 Å². The van der Waals surface area contributed by atoms with Crippen LogP contribution in [-0.4, -0.2) is 25.8 Å². The summed E-state index contributed by atoms with van der Waals surface area (Å²) in [4.78, 5) is 26.1. The molecule has 1 aliphatic carbocycles. The van der Waals surface area contributed by atoms with Gasteiger partial charge in [0.1, 0.15) is 11.5 Å². The van der Waals surface area contributed by atoms with Gasteiger partial charge in [-0.15, -0.1) is 0 Å². The Bertz CT molecular complexity index is 789. The molecule has 0 spiro atoms. The summed E-state index contributed by atoms with van der Waals surface area (Å²) in [6, 6.07) is 6.82. The van der Waals surface area contributed by atoms with Crippen molar-refractivity contribution >= 4 is 43.4 Å². The van der Waals surface area contributed by atoms with Gasteiger partial charge < -0.3 is 9.47 Å². The van der Waals surface area contributed by atoms with Crippen molar-refractivity contribution in [2.24, 2.45) is 0 Å².